The van der Waals surface area contributed by atoms with Crippen LogP contribution in [0.4, 0.5) is 10.5 Å². The number of hydrogen-bond donors (Lipinski definition) is 1. The molecule has 2 fully saturated rings. The van der Waals surface area contributed by atoms with Gasteiger partial charge < -0.3 is 14.8 Å². The van der Waals surface area contributed by atoms with Crippen molar-refractivity contribution in [2.45, 2.75) is 65.1 Å². The van der Waals surface area contributed by atoms with Crippen LogP contribution in [0.3, 0.4) is 0 Å². The quantitative estimate of drug-likeness (QED) is 0.858. The zero-order chi connectivity index (χ0) is 18.6. The molecule has 2 heterocycles. The fraction of sp³-hybridized carbons (Fsp3) is 0.632. The molecule has 2 aliphatic heterocycles. The maximum atomic E-state index is 12.7. The highest BCUT2D eigenvalue weighted by Gasteiger charge is 2.50. The van der Waals surface area contributed by atoms with Gasteiger partial charge in [0.15, 0.2) is 0 Å². The summed E-state index contributed by atoms with van der Waals surface area (Å²) in [5, 5.41) is 3.60. The van der Waals surface area contributed by atoms with Crippen molar-refractivity contribution in [2.24, 2.45) is 0 Å². The van der Waals surface area contributed by atoms with E-state index < -0.39 is 0 Å². The topological polar surface area (TPSA) is 44.8 Å². The van der Waals surface area contributed by atoms with Crippen molar-refractivity contribution in [1.82, 2.24) is 10.1 Å². The smallest absolute Gasteiger partial charge is 0.411 e. The number of likely N-dealkylation sites (N-methyl/N-ethyl adjacent to an activating group) is 1. The highest BCUT2D eigenvalue weighted by molar-refractivity contribution is 6.66. The van der Waals surface area contributed by atoms with Crippen molar-refractivity contribution in [3.63, 3.8) is 0 Å². The molecular formula is C19H30BN3O2. The maximum absolute atomic E-state index is 12.7. The predicted molar refractivity (Wildman–Crippen MR) is 104 cm³/mol. The molecule has 1 atom stereocenters. The standard InChI is InChI=1S/C19H30BN3O2/c1-8-14-12-23(17(24)22(14)7)16-11-9-10-15(13(16)2)20-21-18(3,4)19(5,6)25-20/h9-11,14,21H,8,12H2,1-7H3. The lowest BCUT2D eigenvalue weighted by Gasteiger charge is -2.33. The third kappa shape index (κ3) is 2.85. The van der Waals surface area contributed by atoms with Gasteiger partial charge >= 0.3 is 13.1 Å². The van der Waals surface area contributed by atoms with Crippen LogP contribution >= 0.6 is 0 Å². The monoisotopic (exact) mass is 343 g/mol. The minimum atomic E-state index is -0.267. The van der Waals surface area contributed by atoms with E-state index in [9.17, 15) is 4.79 Å². The molecule has 0 bridgehead atoms. The Morgan fingerprint density at radius 2 is 2.00 bits per heavy atom. The van der Waals surface area contributed by atoms with Gasteiger partial charge in [-0.1, -0.05) is 19.1 Å². The molecule has 0 radical (unpaired) electrons. The Labute approximate surface area is 151 Å². The maximum Gasteiger partial charge on any atom is 0.417 e. The highest BCUT2D eigenvalue weighted by Crippen LogP contribution is 2.33. The molecule has 5 nitrogen and oxygen atoms in total. The van der Waals surface area contributed by atoms with Gasteiger partial charge in [-0.3, -0.25) is 4.90 Å². The van der Waals surface area contributed by atoms with E-state index in [1.807, 2.05) is 29.0 Å². The molecule has 1 N–H and O–H groups in total. The summed E-state index contributed by atoms with van der Waals surface area (Å²) in [5.74, 6) is 0. The summed E-state index contributed by atoms with van der Waals surface area (Å²) in [6, 6.07) is 6.50. The second-order valence-corrected chi connectivity index (χ2v) is 8.34. The molecule has 0 aromatic heterocycles. The first-order valence-electron chi connectivity index (χ1n) is 9.18. The van der Waals surface area contributed by atoms with Gasteiger partial charge in [0.2, 0.25) is 0 Å². The first-order valence-corrected chi connectivity index (χ1v) is 9.18. The number of carbonyl (C=O) groups excluding carboxylic acids is 1. The molecule has 1 aromatic carbocycles. The normalized spacial score (nSPS) is 25.2. The summed E-state index contributed by atoms with van der Waals surface area (Å²) in [6.07, 6.45) is 0.965. The van der Waals surface area contributed by atoms with Crippen LogP contribution in [-0.4, -0.2) is 48.8 Å². The Morgan fingerprint density at radius 1 is 1.32 bits per heavy atom. The Hall–Kier alpha value is -1.53. The van der Waals surface area contributed by atoms with E-state index in [-0.39, 0.29) is 30.3 Å². The van der Waals surface area contributed by atoms with Crippen LogP contribution in [0.15, 0.2) is 18.2 Å². The summed E-state index contributed by atoms with van der Waals surface area (Å²) >= 11 is 0. The van der Waals surface area contributed by atoms with E-state index in [1.54, 1.807) is 0 Å². The SMILES string of the molecule is CCC1CN(c2cccc(B3NC(C)(C)C(C)(C)O3)c2C)C(=O)N1C. The summed E-state index contributed by atoms with van der Waals surface area (Å²) in [4.78, 5) is 16.4. The van der Waals surface area contributed by atoms with Crippen molar-refractivity contribution >= 4 is 24.2 Å². The van der Waals surface area contributed by atoms with E-state index in [0.717, 1.165) is 29.7 Å². The molecule has 2 aliphatic rings. The van der Waals surface area contributed by atoms with Gasteiger partial charge in [0.25, 0.3) is 0 Å². The Balaban J connectivity index is 1.93. The van der Waals surface area contributed by atoms with E-state index >= 15 is 0 Å². The number of benzene rings is 1. The zero-order valence-corrected chi connectivity index (χ0v) is 16.5. The van der Waals surface area contributed by atoms with Crippen LogP contribution in [0.25, 0.3) is 0 Å². The molecule has 6 heteroatoms. The number of urea groups is 1. The first-order chi connectivity index (χ1) is 11.6. The van der Waals surface area contributed by atoms with Crippen molar-refractivity contribution in [2.75, 3.05) is 18.5 Å². The number of rotatable bonds is 3. The summed E-state index contributed by atoms with van der Waals surface area (Å²) < 4.78 is 6.31. The van der Waals surface area contributed by atoms with Crippen LogP contribution in [0.2, 0.25) is 0 Å². The molecule has 1 unspecified atom stereocenters. The molecule has 3 rings (SSSR count). The first kappa shape index (κ1) is 18.3. The van der Waals surface area contributed by atoms with Crippen LogP contribution in [0, 0.1) is 6.92 Å². The molecule has 25 heavy (non-hydrogen) atoms. The van der Waals surface area contributed by atoms with Crippen molar-refractivity contribution < 1.29 is 9.45 Å². The van der Waals surface area contributed by atoms with E-state index in [1.165, 1.54) is 0 Å². The molecule has 136 valence electrons. The molecule has 0 aliphatic carbocycles. The van der Waals surface area contributed by atoms with Gasteiger partial charge in [-0.15, -0.1) is 0 Å². The van der Waals surface area contributed by atoms with Gasteiger partial charge in [-0.2, -0.15) is 0 Å². The lowest BCUT2D eigenvalue weighted by atomic mass is 9.70. The second-order valence-electron chi connectivity index (χ2n) is 8.34. The van der Waals surface area contributed by atoms with E-state index in [4.69, 9.17) is 4.65 Å². The largest absolute Gasteiger partial charge is 0.417 e. The predicted octanol–water partition coefficient (Wildman–Crippen LogP) is 2.52. The number of amides is 2. The van der Waals surface area contributed by atoms with Gasteiger partial charge in [-0.25, -0.2) is 4.79 Å². The molecule has 0 saturated carbocycles. The average Bonchev–Trinajstić information content (AvgIpc) is 2.93. The minimum absolute atomic E-state index is 0.0769. The molecule has 2 amide bonds. The Morgan fingerprint density at radius 3 is 2.52 bits per heavy atom. The molecular weight excluding hydrogens is 313 g/mol. The Kier molecular flexibility index (Phi) is 4.40. The van der Waals surface area contributed by atoms with Gasteiger partial charge in [0.05, 0.1) is 11.6 Å². The second kappa shape index (κ2) is 6.03. The van der Waals surface area contributed by atoms with Crippen LogP contribution in [-0.2, 0) is 4.65 Å². The Bertz CT molecular complexity index is 673. The fourth-order valence-corrected chi connectivity index (χ4v) is 3.69. The molecule has 1 aromatic rings. The lowest BCUT2D eigenvalue weighted by molar-refractivity contribution is 0.0750. The number of anilines is 1. The van der Waals surface area contributed by atoms with E-state index in [2.05, 4.69) is 52.8 Å². The zero-order valence-electron chi connectivity index (χ0n) is 16.5. The van der Waals surface area contributed by atoms with Gasteiger partial charge in [0, 0.05) is 24.8 Å². The third-order valence-electron chi connectivity index (χ3n) is 6.27. The summed E-state index contributed by atoms with van der Waals surface area (Å²) in [7, 11) is 1.73. The fourth-order valence-electron chi connectivity index (χ4n) is 3.69. The van der Waals surface area contributed by atoms with Gasteiger partial charge in [-0.05, 0) is 58.1 Å². The van der Waals surface area contributed by atoms with Crippen molar-refractivity contribution in [3.05, 3.63) is 23.8 Å². The van der Waals surface area contributed by atoms with Crippen molar-refractivity contribution in [3.8, 4) is 0 Å². The number of nitrogens with zero attached hydrogens (tertiary/aromatic N) is 2. The van der Waals surface area contributed by atoms with E-state index in [0.29, 0.717) is 0 Å². The molecule has 0 spiro atoms. The number of carbonyl (C=O) groups is 1. The number of nitrogens with one attached hydrogen (secondary N) is 1. The van der Waals surface area contributed by atoms with Crippen LogP contribution in [0.5, 0.6) is 0 Å². The average molecular weight is 343 g/mol. The minimum Gasteiger partial charge on any atom is -0.411 e. The molecule has 2 saturated heterocycles. The van der Waals surface area contributed by atoms with Crippen LogP contribution in [0.1, 0.15) is 46.6 Å². The summed E-state index contributed by atoms with van der Waals surface area (Å²) in [6.45, 7) is 13.5. The number of hydrogen-bond acceptors (Lipinski definition) is 3. The summed E-state index contributed by atoms with van der Waals surface area (Å²) in [5.41, 5.74) is 2.80. The third-order valence-corrected chi connectivity index (χ3v) is 6.27. The van der Waals surface area contributed by atoms with Crippen LogP contribution < -0.4 is 15.6 Å². The lowest BCUT2D eigenvalue weighted by Crippen LogP contribution is -2.52. The highest BCUT2D eigenvalue weighted by atomic mass is 16.5. The van der Waals surface area contributed by atoms with Crippen molar-refractivity contribution in [1.29, 1.82) is 0 Å². The van der Waals surface area contributed by atoms with Gasteiger partial charge in [0.1, 0.15) is 0 Å².